The second-order valence-electron chi connectivity index (χ2n) is 7.01. The maximum atomic E-state index is 11.8. The van der Waals surface area contributed by atoms with Crippen molar-refractivity contribution in [2.75, 3.05) is 13.3 Å². The van der Waals surface area contributed by atoms with Gasteiger partial charge in [-0.25, -0.2) is 18.7 Å². The maximum Gasteiger partial charge on any atom is 0.490 e. The molecule has 188 valence electrons. The molecule has 0 bridgehead atoms. The van der Waals surface area contributed by atoms with Crippen molar-refractivity contribution in [1.82, 2.24) is 9.96 Å². The van der Waals surface area contributed by atoms with E-state index in [1.54, 1.807) is 0 Å². The lowest BCUT2D eigenvalue weighted by Crippen LogP contribution is -2.52. The molecule has 0 aromatic carbocycles. The summed E-state index contributed by atoms with van der Waals surface area (Å²) in [4.78, 5) is 49.9. The van der Waals surface area contributed by atoms with Gasteiger partial charge in [0.25, 0.3) is 5.72 Å². The molecule has 3 saturated heterocycles. The van der Waals surface area contributed by atoms with Crippen LogP contribution in [-0.4, -0.2) is 106 Å². The first kappa shape index (κ1) is 25.2. The normalized spacial score (nSPS) is 41.5. The summed E-state index contributed by atoms with van der Waals surface area (Å²) >= 11 is 0. The molecular weight excluding hydrogens is 523 g/mol. The van der Waals surface area contributed by atoms with Crippen molar-refractivity contribution in [2.24, 2.45) is 15.7 Å². The van der Waals surface area contributed by atoms with E-state index < -0.39 is 66.6 Å². The number of rotatable bonds is 8. The average Bonchev–Trinajstić information content (AvgIpc) is 3.16. The summed E-state index contributed by atoms with van der Waals surface area (Å²) in [6, 6.07) is 0. The zero-order chi connectivity index (χ0) is 24.6. The minimum atomic E-state index is -5.73. The highest BCUT2D eigenvalue weighted by Gasteiger charge is 2.74. The highest BCUT2D eigenvalue weighted by atomic mass is 31.3. The van der Waals surface area contributed by atoms with Gasteiger partial charge in [-0.05, 0) is 0 Å². The van der Waals surface area contributed by atoms with E-state index in [0.717, 1.165) is 0 Å². The predicted molar refractivity (Wildman–Crippen MR) is 97.9 cm³/mol. The number of hydrogen-bond donors (Lipinski definition) is 8. The Morgan fingerprint density at radius 3 is 2.39 bits per heavy atom. The number of nitrogens with zero attached hydrogens (tertiary/aromatic N) is 4. The molecule has 9 atom stereocenters. The van der Waals surface area contributed by atoms with E-state index in [0.29, 0.717) is 0 Å². The SMILES string of the molecule is NC1=NC(O)[C@@]23ON2CN([C@@H]2O[C@H](COP(=O)(O)OP(=O)(O)OP(=O)(O)O)[C@@H](O)[C@H]2O)C3=N1. The van der Waals surface area contributed by atoms with Crippen LogP contribution in [0.2, 0.25) is 0 Å². The van der Waals surface area contributed by atoms with Crippen molar-refractivity contribution < 1.29 is 71.3 Å². The summed E-state index contributed by atoms with van der Waals surface area (Å²) in [5.41, 5.74) is 4.10. The molecule has 3 fully saturated rings. The van der Waals surface area contributed by atoms with Gasteiger partial charge in [0.2, 0.25) is 12.2 Å². The zero-order valence-electron chi connectivity index (χ0n) is 15.9. The van der Waals surface area contributed by atoms with E-state index >= 15 is 0 Å². The first-order valence-corrected chi connectivity index (χ1v) is 13.2. The Bertz CT molecular complexity index is 1030. The molecule has 33 heavy (non-hydrogen) atoms. The molecule has 1 spiro atoms. The third kappa shape index (κ3) is 4.80. The number of guanidine groups is 1. The van der Waals surface area contributed by atoms with E-state index in [2.05, 4.69) is 23.1 Å². The van der Waals surface area contributed by atoms with Crippen molar-refractivity contribution in [3.63, 3.8) is 0 Å². The molecule has 23 heteroatoms. The van der Waals surface area contributed by atoms with Crippen LogP contribution in [-0.2, 0) is 36.4 Å². The number of nitrogens with two attached hydrogens (primary N) is 1. The van der Waals surface area contributed by atoms with Crippen LogP contribution in [0.25, 0.3) is 0 Å². The van der Waals surface area contributed by atoms with E-state index in [1.807, 2.05) is 0 Å². The molecule has 0 saturated carbocycles. The molecule has 4 heterocycles. The Morgan fingerprint density at radius 1 is 1.09 bits per heavy atom. The van der Waals surface area contributed by atoms with Gasteiger partial charge < -0.3 is 50.3 Å². The number of ether oxygens (including phenoxy) is 1. The smallest absolute Gasteiger partial charge is 0.387 e. The van der Waals surface area contributed by atoms with Gasteiger partial charge in [-0.2, -0.15) is 13.6 Å². The minimum Gasteiger partial charge on any atom is -0.387 e. The Balaban J connectivity index is 1.41. The molecular formula is C10H18N5O15P3. The summed E-state index contributed by atoms with van der Waals surface area (Å²) in [6.07, 6.45) is -7.63. The van der Waals surface area contributed by atoms with Crippen LogP contribution in [0.15, 0.2) is 9.98 Å². The van der Waals surface area contributed by atoms with Crippen molar-refractivity contribution >= 4 is 35.3 Å². The Labute approximate surface area is 182 Å². The van der Waals surface area contributed by atoms with Gasteiger partial charge in [0.15, 0.2) is 12.1 Å². The average molecular weight is 541 g/mol. The first-order chi connectivity index (χ1) is 15.0. The highest BCUT2D eigenvalue weighted by Crippen LogP contribution is 2.66. The monoisotopic (exact) mass is 541 g/mol. The van der Waals surface area contributed by atoms with Gasteiger partial charge in [0.05, 0.1) is 6.61 Å². The van der Waals surface area contributed by atoms with Gasteiger partial charge in [-0.3, -0.25) is 9.36 Å². The van der Waals surface area contributed by atoms with E-state index in [-0.39, 0.29) is 18.5 Å². The number of aliphatic hydroxyl groups is 3. The Hall–Kier alpha value is -0.890. The lowest BCUT2D eigenvalue weighted by atomic mass is 10.1. The van der Waals surface area contributed by atoms with Crippen LogP contribution < -0.4 is 5.73 Å². The molecule has 9 N–H and O–H groups in total. The molecule has 4 unspecified atom stereocenters. The fraction of sp³-hybridized carbons (Fsp3) is 0.800. The largest absolute Gasteiger partial charge is 0.490 e. The molecule has 0 aromatic rings. The van der Waals surface area contributed by atoms with Gasteiger partial charge in [0, 0.05) is 0 Å². The van der Waals surface area contributed by atoms with Crippen molar-refractivity contribution in [1.29, 1.82) is 0 Å². The molecule has 4 rings (SSSR count). The van der Waals surface area contributed by atoms with Crippen LogP contribution >= 0.6 is 23.5 Å². The predicted octanol–water partition coefficient (Wildman–Crippen LogP) is -3.96. The molecule has 0 amide bonds. The number of phosphoric ester groups is 1. The van der Waals surface area contributed by atoms with Crippen LogP contribution in [0.1, 0.15) is 0 Å². The molecule has 0 radical (unpaired) electrons. The minimum absolute atomic E-state index is 0.0206. The number of amidine groups is 1. The summed E-state index contributed by atoms with van der Waals surface area (Å²) in [7, 11) is -16.8. The summed E-state index contributed by atoms with van der Waals surface area (Å²) in [5.74, 6) is -0.269. The van der Waals surface area contributed by atoms with Crippen LogP contribution in [0.3, 0.4) is 0 Å². The quantitative estimate of drug-likeness (QED) is 0.107. The van der Waals surface area contributed by atoms with E-state index in [1.165, 1.54) is 9.96 Å². The summed E-state index contributed by atoms with van der Waals surface area (Å²) in [6.45, 7) is -1.09. The lowest BCUT2D eigenvalue weighted by Gasteiger charge is -2.31. The number of phosphoric acid groups is 3. The van der Waals surface area contributed by atoms with Crippen LogP contribution in [0.5, 0.6) is 0 Å². The third-order valence-corrected chi connectivity index (χ3v) is 8.55. The topological polar surface area (TPSA) is 299 Å². The van der Waals surface area contributed by atoms with Crippen molar-refractivity contribution in [3.8, 4) is 0 Å². The standard InChI is InChI=1S/C10H18N5O15P3/c11-9-12-7-10(8(18)13-9)15(28-10)2-14(7)6-5(17)4(16)3(27-6)1-26-32(22,23)30-33(24,25)29-31(19,20)21/h3-6,8,16-18H,1-2H2,(H2,11,13)(H,22,23)(H,24,25)(H2,19,20,21)/t3-,4-,5-,6-,8?,10-,15?/m1/s1. The first-order valence-electron chi connectivity index (χ1n) is 8.68. The van der Waals surface area contributed by atoms with Gasteiger partial charge in [-0.15, -0.1) is 5.06 Å². The maximum absolute atomic E-state index is 11.8. The number of hydrogen-bond acceptors (Lipinski definition) is 16. The Morgan fingerprint density at radius 2 is 1.76 bits per heavy atom. The summed E-state index contributed by atoms with van der Waals surface area (Å²) < 4.78 is 50.9. The molecule has 20 nitrogen and oxygen atoms in total. The zero-order valence-corrected chi connectivity index (χ0v) is 18.6. The molecule has 4 aliphatic rings. The van der Waals surface area contributed by atoms with Crippen molar-refractivity contribution in [2.45, 2.75) is 36.5 Å². The molecule has 4 aliphatic heterocycles. The van der Waals surface area contributed by atoms with Crippen LogP contribution in [0.4, 0.5) is 0 Å². The van der Waals surface area contributed by atoms with Gasteiger partial charge in [0.1, 0.15) is 25.0 Å². The summed E-state index contributed by atoms with van der Waals surface area (Å²) in [5, 5.41) is 32.0. The fourth-order valence-electron chi connectivity index (χ4n) is 3.43. The second-order valence-corrected chi connectivity index (χ2v) is 11.4. The number of aliphatic imine (C=N–C) groups is 2. The highest BCUT2D eigenvalue weighted by molar-refractivity contribution is 7.66. The van der Waals surface area contributed by atoms with Crippen molar-refractivity contribution in [3.05, 3.63) is 0 Å². The number of aliphatic hydroxyl groups excluding tert-OH is 3. The van der Waals surface area contributed by atoms with E-state index in [9.17, 15) is 33.9 Å². The number of hydroxylamine groups is 2. The second kappa shape index (κ2) is 8.07. The van der Waals surface area contributed by atoms with Gasteiger partial charge in [-0.1, -0.05) is 0 Å². The third-order valence-electron chi connectivity index (χ3n) is 4.75. The molecule has 0 aliphatic carbocycles. The van der Waals surface area contributed by atoms with Gasteiger partial charge >= 0.3 is 23.5 Å². The molecule has 0 aromatic heterocycles. The van der Waals surface area contributed by atoms with Crippen LogP contribution in [0, 0.1) is 0 Å². The fourth-order valence-corrected chi connectivity index (χ4v) is 6.46. The lowest BCUT2D eigenvalue weighted by molar-refractivity contribution is -0.0841. The van der Waals surface area contributed by atoms with E-state index in [4.69, 9.17) is 30.0 Å². The Kier molecular flexibility index (Phi) is 6.17.